The van der Waals surface area contributed by atoms with Crippen LogP contribution in [0.1, 0.15) is 31.7 Å². The van der Waals surface area contributed by atoms with Gasteiger partial charge in [0.05, 0.1) is 11.8 Å². The Morgan fingerprint density at radius 1 is 1.20 bits per heavy atom. The minimum Gasteiger partial charge on any atom is -0.324 e. The van der Waals surface area contributed by atoms with Gasteiger partial charge in [0.25, 0.3) is 0 Å². The van der Waals surface area contributed by atoms with Gasteiger partial charge in [0.15, 0.2) is 0 Å². The van der Waals surface area contributed by atoms with Crippen LogP contribution in [0.25, 0.3) is 0 Å². The summed E-state index contributed by atoms with van der Waals surface area (Å²) >= 11 is 3.42. The Balaban J connectivity index is 1.47. The molecule has 1 N–H and O–H groups in total. The van der Waals surface area contributed by atoms with Gasteiger partial charge >= 0.3 is 0 Å². The third-order valence-corrected chi connectivity index (χ3v) is 6.54. The lowest BCUT2D eigenvalue weighted by Gasteiger charge is -2.19. The molecule has 5 nitrogen and oxygen atoms in total. The van der Waals surface area contributed by atoms with Crippen LogP contribution in [0.15, 0.2) is 22.7 Å². The van der Waals surface area contributed by atoms with Crippen LogP contribution in [0.3, 0.4) is 0 Å². The Hall–Kier alpha value is -1.69. The molecule has 0 spiro atoms. The van der Waals surface area contributed by atoms with E-state index in [1.54, 1.807) is 0 Å². The van der Waals surface area contributed by atoms with Gasteiger partial charge in [-0.25, -0.2) is 0 Å². The van der Waals surface area contributed by atoms with E-state index in [2.05, 4.69) is 21.2 Å². The monoisotopic (exact) mass is 404 g/mol. The topological polar surface area (TPSA) is 66.5 Å². The van der Waals surface area contributed by atoms with E-state index >= 15 is 0 Å². The fourth-order valence-electron chi connectivity index (χ4n) is 4.94. The van der Waals surface area contributed by atoms with Crippen LogP contribution in [-0.4, -0.2) is 29.2 Å². The van der Waals surface area contributed by atoms with E-state index in [4.69, 9.17) is 0 Å². The molecule has 3 aliphatic rings. The van der Waals surface area contributed by atoms with Crippen molar-refractivity contribution < 1.29 is 14.4 Å². The first-order valence-electron chi connectivity index (χ1n) is 8.93. The number of carbonyl (C=O) groups is 3. The summed E-state index contributed by atoms with van der Waals surface area (Å²) < 4.78 is 0.954. The van der Waals surface area contributed by atoms with Gasteiger partial charge < -0.3 is 5.32 Å². The van der Waals surface area contributed by atoms with Crippen LogP contribution in [0.2, 0.25) is 0 Å². The van der Waals surface area contributed by atoms with Gasteiger partial charge in [-0.1, -0.05) is 22.9 Å². The van der Waals surface area contributed by atoms with Crippen molar-refractivity contribution >= 4 is 39.3 Å². The first-order chi connectivity index (χ1) is 12.0. The second-order valence-corrected chi connectivity index (χ2v) is 8.27. The highest BCUT2D eigenvalue weighted by molar-refractivity contribution is 9.10. The zero-order valence-electron chi connectivity index (χ0n) is 14.1. The molecule has 2 bridgehead atoms. The van der Waals surface area contributed by atoms with E-state index in [0.717, 1.165) is 41.4 Å². The van der Waals surface area contributed by atoms with E-state index in [-0.39, 0.29) is 36.1 Å². The maximum atomic E-state index is 12.7. The third-order valence-electron chi connectivity index (χ3n) is 6.04. The van der Waals surface area contributed by atoms with Crippen LogP contribution < -0.4 is 5.32 Å². The number of halogens is 1. The number of rotatable bonds is 4. The van der Waals surface area contributed by atoms with Crippen molar-refractivity contribution in [3.63, 3.8) is 0 Å². The summed E-state index contributed by atoms with van der Waals surface area (Å²) in [6.07, 6.45) is 3.88. The van der Waals surface area contributed by atoms with E-state index in [1.165, 1.54) is 4.90 Å². The number of anilines is 1. The molecule has 1 aromatic carbocycles. The Bertz CT molecular complexity index is 735. The molecule has 1 saturated heterocycles. The number of benzene rings is 1. The molecule has 2 aliphatic carbocycles. The Morgan fingerprint density at radius 2 is 1.84 bits per heavy atom. The van der Waals surface area contributed by atoms with Crippen LogP contribution in [0.5, 0.6) is 0 Å². The fourth-order valence-corrected chi connectivity index (χ4v) is 5.34. The van der Waals surface area contributed by atoms with Gasteiger partial charge in [-0.2, -0.15) is 0 Å². The fraction of sp³-hybridized carbons (Fsp3) is 0.526. The number of likely N-dealkylation sites (tertiary alicyclic amines) is 1. The SMILES string of the molecule is CCc1cc(Br)ccc1NC(=O)CN1C(=O)[C@H]2[C@@H]3CC[C@@H](C3)[C@@H]2C1=O. The molecule has 0 radical (unpaired) electrons. The molecular weight excluding hydrogens is 384 g/mol. The predicted molar refractivity (Wildman–Crippen MR) is 96.7 cm³/mol. The molecule has 1 aliphatic heterocycles. The zero-order valence-corrected chi connectivity index (χ0v) is 15.7. The summed E-state index contributed by atoms with van der Waals surface area (Å²) in [5.74, 6) is -0.231. The lowest BCUT2D eigenvalue weighted by atomic mass is 9.81. The summed E-state index contributed by atoms with van der Waals surface area (Å²) in [5, 5.41) is 2.85. The maximum Gasteiger partial charge on any atom is 0.244 e. The van der Waals surface area contributed by atoms with Crippen LogP contribution in [0, 0.1) is 23.7 Å². The van der Waals surface area contributed by atoms with Gasteiger partial charge in [-0.05, 0) is 61.3 Å². The van der Waals surface area contributed by atoms with E-state index in [1.807, 2.05) is 25.1 Å². The second kappa shape index (κ2) is 6.24. The number of imide groups is 1. The molecule has 25 heavy (non-hydrogen) atoms. The summed E-state index contributed by atoms with van der Waals surface area (Å²) in [6, 6.07) is 5.66. The lowest BCUT2D eigenvalue weighted by molar-refractivity contribution is -0.143. The average Bonchev–Trinajstić information content (AvgIpc) is 3.26. The number of carbonyl (C=O) groups excluding carboxylic acids is 3. The molecule has 132 valence electrons. The van der Waals surface area contributed by atoms with Crippen molar-refractivity contribution in [1.82, 2.24) is 4.90 Å². The second-order valence-electron chi connectivity index (χ2n) is 7.35. The standard InChI is InChI=1S/C19H21BrN2O3/c1-2-10-8-13(20)5-6-14(10)21-15(23)9-22-18(24)16-11-3-4-12(7-11)17(16)19(22)25/h5-6,8,11-12,16-17H,2-4,7,9H2,1H3,(H,21,23)/t11-,12+,16-,17-/m0/s1. The predicted octanol–water partition coefficient (Wildman–Crippen LogP) is 2.98. The number of hydrogen-bond donors (Lipinski definition) is 1. The van der Waals surface area contributed by atoms with Gasteiger partial charge in [-0.3, -0.25) is 19.3 Å². The van der Waals surface area contributed by atoms with Crippen LogP contribution in [-0.2, 0) is 20.8 Å². The normalized spacial score (nSPS) is 30.1. The highest BCUT2D eigenvalue weighted by Crippen LogP contribution is 2.56. The molecule has 1 heterocycles. The Kier molecular flexibility index (Phi) is 4.18. The number of nitrogens with zero attached hydrogens (tertiary/aromatic N) is 1. The van der Waals surface area contributed by atoms with Crippen molar-refractivity contribution in [2.24, 2.45) is 23.7 Å². The minimum absolute atomic E-state index is 0.135. The van der Waals surface area contributed by atoms with Gasteiger partial charge in [0.2, 0.25) is 17.7 Å². The van der Waals surface area contributed by atoms with Crippen LogP contribution >= 0.6 is 15.9 Å². The summed E-state index contributed by atoms with van der Waals surface area (Å²) in [6.45, 7) is 1.84. The first kappa shape index (κ1) is 16.8. The van der Waals surface area contributed by atoms with Gasteiger partial charge in [0.1, 0.15) is 6.54 Å². The number of fused-ring (bicyclic) bond motifs is 5. The first-order valence-corrected chi connectivity index (χ1v) is 9.72. The Morgan fingerprint density at radius 3 is 2.44 bits per heavy atom. The molecule has 3 amide bonds. The maximum absolute atomic E-state index is 12.7. The van der Waals surface area contributed by atoms with Crippen molar-refractivity contribution in [3.8, 4) is 0 Å². The summed E-state index contributed by atoms with van der Waals surface area (Å²) in [4.78, 5) is 39.0. The van der Waals surface area contributed by atoms with E-state index < -0.39 is 0 Å². The number of amides is 3. The highest BCUT2D eigenvalue weighted by atomic mass is 79.9. The molecule has 2 saturated carbocycles. The molecule has 0 unspecified atom stereocenters. The number of hydrogen-bond acceptors (Lipinski definition) is 3. The largest absolute Gasteiger partial charge is 0.324 e. The smallest absolute Gasteiger partial charge is 0.244 e. The van der Waals surface area contributed by atoms with E-state index in [0.29, 0.717) is 11.8 Å². The van der Waals surface area contributed by atoms with Crippen LogP contribution in [0.4, 0.5) is 5.69 Å². The zero-order chi connectivity index (χ0) is 17.7. The van der Waals surface area contributed by atoms with E-state index in [9.17, 15) is 14.4 Å². The third kappa shape index (κ3) is 2.71. The molecular formula is C19H21BrN2O3. The highest BCUT2D eigenvalue weighted by Gasteiger charge is 2.60. The minimum atomic E-state index is -0.314. The molecule has 3 fully saturated rings. The Labute approximate surface area is 155 Å². The molecule has 4 atom stereocenters. The molecule has 0 aromatic heterocycles. The number of nitrogens with one attached hydrogen (secondary N) is 1. The van der Waals surface area contributed by atoms with Gasteiger partial charge in [0, 0.05) is 10.2 Å². The summed E-state index contributed by atoms with van der Waals surface area (Å²) in [7, 11) is 0. The quantitative estimate of drug-likeness (QED) is 0.784. The lowest BCUT2D eigenvalue weighted by Crippen LogP contribution is -2.39. The van der Waals surface area contributed by atoms with Crippen molar-refractivity contribution in [2.75, 3.05) is 11.9 Å². The van der Waals surface area contributed by atoms with Gasteiger partial charge in [-0.15, -0.1) is 0 Å². The number of aryl methyl sites for hydroxylation is 1. The van der Waals surface area contributed by atoms with Crippen molar-refractivity contribution in [2.45, 2.75) is 32.6 Å². The molecule has 1 aromatic rings. The van der Waals surface area contributed by atoms with Crippen molar-refractivity contribution in [1.29, 1.82) is 0 Å². The van der Waals surface area contributed by atoms with Crippen molar-refractivity contribution in [3.05, 3.63) is 28.2 Å². The average molecular weight is 405 g/mol. The molecule has 4 rings (SSSR count). The summed E-state index contributed by atoms with van der Waals surface area (Å²) in [5.41, 5.74) is 1.74. The molecule has 6 heteroatoms.